The summed E-state index contributed by atoms with van der Waals surface area (Å²) in [5.41, 5.74) is 1.92. The summed E-state index contributed by atoms with van der Waals surface area (Å²) in [7, 11) is 0. The third kappa shape index (κ3) is 1.87. The van der Waals surface area contributed by atoms with Crippen LogP contribution < -0.4 is 0 Å². The van der Waals surface area contributed by atoms with Crippen molar-refractivity contribution in [2.75, 3.05) is 0 Å². The van der Waals surface area contributed by atoms with Crippen LogP contribution in [0.25, 0.3) is 10.9 Å². The number of carboxylic acids is 1. The minimum atomic E-state index is -0.903. The molecule has 1 N–H and O–H groups in total. The van der Waals surface area contributed by atoms with Gasteiger partial charge in [0.2, 0.25) is 0 Å². The van der Waals surface area contributed by atoms with Gasteiger partial charge >= 0.3 is 5.97 Å². The zero-order valence-electron chi connectivity index (χ0n) is 8.07. The fourth-order valence-corrected chi connectivity index (χ4v) is 1.97. The molecule has 1 heterocycles. The molecule has 2 rings (SSSR count). The van der Waals surface area contributed by atoms with Crippen molar-refractivity contribution in [2.24, 2.45) is 0 Å². The van der Waals surface area contributed by atoms with E-state index in [9.17, 15) is 4.79 Å². The van der Waals surface area contributed by atoms with Crippen molar-refractivity contribution in [3.05, 3.63) is 28.4 Å². The summed E-state index contributed by atoms with van der Waals surface area (Å²) >= 11 is 3.35. The number of halogens is 1. The molecular formula is C10H9BrN2O2. The molecular weight excluding hydrogens is 260 g/mol. The Morgan fingerprint density at radius 3 is 3.00 bits per heavy atom. The van der Waals surface area contributed by atoms with Crippen molar-refractivity contribution >= 4 is 32.8 Å². The summed E-state index contributed by atoms with van der Waals surface area (Å²) in [6.45, 7) is 1.86. The van der Waals surface area contributed by atoms with Crippen LogP contribution in [0, 0.1) is 6.92 Å². The van der Waals surface area contributed by atoms with Crippen LogP contribution in [0.2, 0.25) is 0 Å². The summed E-state index contributed by atoms with van der Waals surface area (Å²) in [6, 6.07) is 5.81. The number of nitrogens with zero attached hydrogens (tertiary/aromatic N) is 2. The average Bonchev–Trinajstić information content (AvgIpc) is 2.44. The summed E-state index contributed by atoms with van der Waals surface area (Å²) in [5.74, 6) is -0.903. The van der Waals surface area contributed by atoms with Gasteiger partial charge in [0.15, 0.2) is 0 Å². The van der Waals surface area contributed by atoms with E-state index >= 15 is 0 Å². The number of aryl methyl sites for hydroxylation is 1. The van der Waals surface area contributed by atoms with Crippen molar-refractivity contribution in [1.29, 1.82) is 0 Å². The first-order chi connectivity index (χ1) is 7.08. The van der Waals surface area contributed by atoms with Crippen LogP contribution in [0.15, 0.2) is 22.8 Å². The molecule has 78 valence electrons. The Labute approximate surface area is 94.6 Å². The molecule has 0 amide bonds. The van der Waals surface area contributed by atoms with Crippen LogP contribution >= 0.6 is 15.9 Å². The number of rotatable bonds is 2. The van der Waals surface area contributed by atoms with Gasteiger partial charge in [-0.3, -0.25) is 4.79 Å². The first-order valence-electron chi connectivity index (χ1n) is 4.42. The highest BCUT2D eigenvalue weighted by molar-refractivity contribution is 9.10. The maximum Gasteiger partial charge on any atom is 0.325 e. The third-order valence-electron chi connectivity index (χ3n) is 2.11. The van der Waals surface area contributed by atoms with Crippen LogP contribution in [0.3, 0.4) is 0 Å². The molecule has 5 heteroatoms. The third-order valence-corrected chi connectivity index (χ3v) is 2.95. The Balaban J connectivity index is 2.59. The quantitative estimate of drug-likeness (QED) is 0.909. The number of benzene rings is 1. The number of aliphatic carboxylic acids is 1. The highest BCUT2D eigenvalue weighted by Gasteiger charge is 2.10. The van der Waals surface area contributed by atoms with E-state index in [-0.39, 0.29) is 6.54 Å². The number of carboxylic acid groups (broad SMARTS) is 1. The summed E-state index contributed by atoms with van der Waals surface area (Å²) in [5, 5.41) is 13.8. The van der Waals surface area contributed by atoms with Gasteiger partial charge in [-0.25, -0.2) is 4.68 Å². The standard InChI is InChI=1S/C10H9BrN2O2/c1-6-2-3-8-7(4-6)10(11)13(12-8)5-9(14)15/h2-4H,5H2,1H3,(H,14,15). The van der Waals surface area contributed by atoms with E-state index in [4.69, 9.17) is 5.11 Å². The second-order valence-corrected chi connectivity index (χ2v) is 4.11. The van der Waals surface area contributed by atoms with E-state index in [1.54, 1.807) is 0 Å². The second kappa shape index (κ2) is 3.66. The van der Waals surface area contributed by atoms with Crippen LogP contribution in [-0.4, -0.2) is 20.9 Å². The van der Waals surface area contributed by atoms with Gasteiger partial charge in [-0.05, 0) is 35.0 Å². The predicted molar refractivity (Wildman–Crippen MR) is 59.8 cm³/mol. The van der Waals surface area contributed by atoms with Crippen LogP contribution in [0.4, 0.5) is 0 Å². The summed E-state index contributed by atoms with van der Waals surface area (Å²) in [4.78, 5) is 10.6. The van der Waals surface area contributed by atoms with Gasteiger partial charge in [0.25, 0.3) is 0 Å². The molecule has 0 aliphatic carbocycles. The van der Waals surface area contributed by atoms with Crippen molar-refractivity contribution in [2.45, 2.75) is 13.5 Å². The molecule has 0 saturated heterocycles. The Hall–Kier alpha value is -1.36. The Bertz CT molecular complexity index is 533. The van der Waals surface area contributed by atoms with Gasteiger partial charge in [-0.2, -0.15) is 5.10 Å². The predicted octanol–water partition coefficient (Wildman–Crippen LogP) is 2.19. The van der Waals surface area contributed by atoms with Gasteiger partial charge in [0, 0.05) is 5.39 Å². The smallest absolute Gasteiger partial charge is 0.325 e. The maximum absolute atomic E-state index is 10.6. The Morgan fingerprint density at radius 2 is 2.33 bits per heavy atom. The molecule has 0 spiro atoms. The average molecular weight is 269 g/mol. The van der Waals surface area contributed by atoms with Crippen molar-refractivity contribution in [1.82, 2.24) is 9.78 Å². The maximum atomic E-state index is 10.6. The number of fused-ring (bicyclic) bond motifs is 1. The monoisotopic (exact) mass is 268 g/mol. The van der Waals surface area contributed by atoms with Gasteiger partial charge in [0.05, 0.1) is 5.52 Å². The zero-order chi connectivity index (χ0) is 11.0. The van der Waals surface area contributed by atoms with E-state index < -0.39 is 5.97 Å². The lowest BCUT2D eigenvalue weighted by Crippen LogP contribution is -2.09. The van der Waals surface area contributed by atoms with Crippen molar-refractivity contribution < 1.29 is 9.90 Å². The first-order valence-corrected chi connectivity index (χ1v) is 5.21. The topological polar surface area (TPSA) is 55.1 Å². The van der Waals surface area contributed by atoms with Gasteiger partial charge < -0.3 is 5.11 Å². The largest absolute Gasteiger partial charge is 0.480 e. The second-order valence-electron chi connectivity index (χ2n) is 3.36. The van der Waals surface area contributed by atoms with Crippen LogP contribution in [-0.2, 0) is 11.3 Å². The Kier molecular flexibility index (Phi) is 2.48. The minimum absolute atomic E-state index is 0.131. The van der Waals surface area contributed by atoms with Crippen LogP contribution in [0.1, 0.15) is 5.56 Å². The highest BCUT2D eigenvalue weighted by Crippen LogP contribution is 2.24. The molecule has 0 atom stereocenters. The van der Waals surface area contributed by atoms with E-state index in [1.165, 1.54) is 4.68 Å². The molecule has 2 aromatic rings. The van der Waals surface area contributed by atoms with E-state index in [0.717, 1.165) is 16.5 Å². The van der Waals surface area contributed by atoms with Gasteiger partial charge in [0.1, 0.15) is 11.1 Å². The SMILES string of the molecule is Cc1ccc2nn(CC(=O)O)c(Br)c2c1. The molecule has 0 aliphatic heterocycles. The number of hydrogen-bond donors (Lipinski definition) is 1. The number of carbonyl (C=O) groups is 1. The molecule has 0 radical (unpaired) electrons. The Morgan fingerprint density at radius 1 is 1.60 bits per heavy atom. The molecule has 0 aliphatic rings. The highest BCUT2D eigenvalue weighted by atomic mass is 79.9. The molecule has 0 saturated carbocycles. The van der Waals surface area contributed by atoms with Crippen molar-refractivity contribution in [3.8, 4) is 0 Å². The van der Waals surface area contributed by atoms with E-state index in [2.05, 4.69) is 21.0 Å². The van der Waals surface area contributed by atoms with Crippen LogP contribution in [0.5, 0.6) is 0 Å². The first kappa shape index (κ1) is 10.2. The molecule has 1 aromatic carbocycles. The molecule has 4 nitrogen and oxygen atoms in total. The minimum Gasteiger partial charge on any atom is -0.480 e. The van der Waals surface area contributed by atoms with Gasteiger partial charge in [-0.1, -0.05) is 11.6 Å². The lowest BCUT2D eigenvalue weighted by molar-refractivity contribution is -0.137. The fourth-order valence-electron chi connectivity index (χ4n) is 1.45. The normalized spacial score (nSPS) is 10.8. The molecule has 0 unspecified atom stereocenters. The molecule has 1 aromatic heterocycles. The lowest BCUT2D eigenvalue weighted by Gasteiger charge is -1.96. The fraction of sp³-hybridized carbons (Fsp3) is 0.200. The molecule has 15 heavy (non-hydrogen) atoms. The lowest BCUT2D eigenvalue weighted by atomic mass is 10.2. The number of hydrogen-bond acceptors (Lipinski definition) is 2. The van der Waals surface area contributed by atoms with Crippen molar-refractivity contribution in [3.63, 3.8) is 0 Å². The molecule has 0 bridgehead atoms. The van der Waals surface area contributed by atoms with Gasteiger partial charge in [-0.15, -0.1) is 0 Å². The van der Waals surface area contributed by atoms with E-state index in [1.807, 2.05) is 25.1 Å². The molecule has 0 fully saturated rings. The van der Waals surface area contributed by atoms with E-state index in [0.29, 0.717) is 4.60 Å². The summed E-state index contributed by atoms with van der Waals surface area (Å²) in [6.07, 6.45) is 0. The summed E-state index contributed by atoms with van der Waals surface area (Å²) < 4.78 is 2.15. The zero-order valence-corrected chi connectivity index (χ0v) is 9.65. The number of aromatic nitrogens is 2.